The summed E-state index contributed by atoms with van der Waals surface area (Å²) in [7, 11) is 0. The second-order valence-electron chi connectivity index (χ2n) is 3.66. The van der Waals surface area contributed by atoms with E-state index in [-0.39, 0.29) is 23.1 Å². The van der Waals surface area contributed by atoms with E-state index in [9.17, 15) is 4.79 Å². The van der Waals surface area contributed by atoms with Gasteiger partial charge in [0.05, 0.1) is 0 Å². The predicted octanol–water partition coefficient (Wildman–Crippen LogP) is 0.166. The van der Waals surface area contributed by atoms with Crippen LogP contribution in [0.4, 0.5) is 11.8 Å². The van der Waals surface area contributed by atoms with Crippen molar-refractivity contribution in [2.45, 2.75) is 18.9 Å². The Morgan fingerprint density at radius 3 is 2.94 bits per heavy atom. The maximum Gasteiger partial charge on any atom is 0.240 e. The largest absolute Gasteiger partial charge is 0.368 e. The standard InChI is InChI=1S/C9H12ClN5O/c10-6-4-7(14-9(12)13-6)15-3-1-2-5(15)8(11)16/h4-5H,1-3H2,(H2,11,16)(H2,12,13,14). The van der Waals surface area contributed by atoms with Crippen molar-refractivity contribution in [3.63, 3.8) is 0 Å². The van der Waals surface area contributed by atoms with Gasteiger partial charge in [0, 0.05) is 12.6 Å². The Morgan fingerprint density at radius 1 is 1.56 bits per heavy atom. The van der Waals surface area contributed by atoms with Gasteiger partial charge in [0.25, 0.3) is 0 Å². The summed E-state index contributed by atoms with van der Waals surface area (Å²) < 4.78 is 0. The van der Waals surface area contributed by atoms with Gasteiger partial charge in [-0.2, -0.15) is 4.98 Å². The molecule has 1 aliphatic rings. The maximum absolute atomic E-state index is 11.2. The molecular formula is C9H12ClN5O. The van der Waals surface area contributed by atoms with Crippen molar-refractivity contribution in [1.29, 1.82) is 0 Å². The molecule has 0 aliphatic carbocycles. The highest BCUT2D eigenvalue weighted by atomic mass is 35.5. The van der Waals surface area contributed by atoms with E-state index in [2.05, 4.69) is 9.97 Å². The number of nitrogens with two attached hydrogens (primary N) is 2. The molecule has 4 N–H and O–H groups in total. The second-order valence-corrected chi connectivity index (χ2v) is 4.05. The van der Waals surface area contributed by atoms with Crippen LogP contribution in [0.3, 0.4) is 0 Å². The second kappa shape index (κ2) is 4.13. The van der Waals surface area contributed by atoms with Crippen LogP contribution in [-0.2, 0) is 4.79 Å². The number of carbonyl (C=O) groups is 1. The van der Waals surface area contributed by atoms with Gasteiger partial charge in [0.15, 0.2) is 0 Å². The SMILES string of the molecule is NC(=O)C1CCCN1c1cc(Cl)nc(N)n1. The Hall–Kier alpha value is -1.56. The lowest BCUT2D eigenvalue weighted by molar-refractivity contribution is -0.119. The summed E-state index contributed by atoms with van der Waals surface area (Å²) in [6.07, 6.45) is 1.63. The highest BCUT2D eigenvalue weighted by Crippen LogP contribution is 2.25. The molecule has 1 aromatic heterocycles. The quantitative estimate of drug-likeness (QED) is 0.719. The molecule has 1 unspecified atom stereocenters. The number of hydrogen-bond acceptors (Lipinski definition) is 5. The van der Waals surface area contributed by atoms with Gasteiger partial charge in [-0.15, -0.1) is 0 Å². The third-order valence-electron chi connectivity index (χ3n) is 2.57. The molecule has 1 atom stereocenters. The highest BCUT2D eigenvalue weighted by molar-refractivity contribution is 6.29. The normalized spacial score (nSPS) is 20.1. The lowest BCUT2D eigenvalue weighted by Crippen LogP contribution is -2.40. The molecule has 86 valence electrons. The minimum Gasteiger partial charge on any atom is -0.368 e. The van der Waals surface area contributed by atoms with Gasteiger partial charge in [-0.3, -0.25) is 4.79 Å². The number of hydrogen-bond donors (Lipinski definition) is 2. The Kier molecular flexibility index (Phi) is 2.82. The van der Waals surface area contributed by atoms with E-state index in [1.807, 2.05) is 4.90 Å². The molecule has 0 radical (unpaired) electrons. The Balaban J connectivity index is 2.32. The van der Waals surface area contributed by atoms with E-state index in [1.165, 1.54) is 0 Å². The van der Waals surface area contributed by atoms with Crippen molar-refractivity contribution in [2.24, 2.45) is 5.73 Å². The van der Waals surface area contributed by atoms with E-state index < -0.39 is 0 Å². The van der Waals surface area contributed by atoms with Crippen LogP contribution >= 0.6 is 11.6 Å². The van der Waals surface area contributed by atoms with Gasteiger partial charge in [0.1, 0.15) is 17.0 Å². The summed E-state index contributed by atoms with van der Waals surface area (Å²) in [6.45, 7) is 0.723. The van der Waals surface area contributed by atoms with Crippen molar-refractivity contribution >= 4 is 29.3 Å². The summed E-state index contributed by atoms with van der Waals surface area (Å²) >= 11 is 5.78. The molecule has 2 rings (SSSR count). The van der Waals surface area contributed by atoms with Gasteiger partial charge < -0.3 is 16.4 Å². The van der Waals surface area contributed by atoms with Crippen molar-refractivity contribution in [2.75, 3.05) is 17.2 Å². The smallest absolute Gasteiger partial charge is 0.240 e. The molecule has 1 aliphatic heterocycles. The van der Waals surface area contributed by atoms with Crippen LogP contribution in [0.15, 0.2) is 6.07 Å². The molecule has 0 aromatic carbocycles. The first-order valence-corrected chi connectivity index (χ1v) is 5.32. The third kappa shape index (κ3) is 2.01. The fourth-order valence-corrected chi connectivity index (χ4v) is 2.09. The van der Waals surface area contributed by atoms with Crippen LogP contribution in [0.2, 0.25) is 5.15 Å². The lowest BCUT2D eigenvalue weighted by atomic mass is 10.2. The zero-order valence-electron chi connectivity index (χ0n) is 8.56. The molecule has 6 nitrogen and oxygen atoms in total. The molecule has 7 heteroatoms. The van der Waals surface area contributed by atoms with Gasteiger partial charge in [-0.05, 0) is 12.8 Å². The van der Waals surface area contributed by atoms with Crippen LogP contribution in [0.1, 0.15) is 12.8 Å². The Bertz CT molecular complexity index is 404. The molecule has 0 spiro atoms. The third-order valence-corrected chi connectivity index (χ3v) is 2.77. The zero-order chi connectivity index (χ0) is 11.7. The molecule has 1 amide bonds. The molecular weight excluding hydrogens is 230 g/mol. The minimum atomic E-state index is -0.356. The number of rotatable bonds is 2. The predicted molar refractivity (Wildman–Crippen MR) is 61.0 cm³/mol. The molecule has 1 aromatic rings. The van der Waals surface area contributed by atoms with Gasteiger partial charge in [-0.25, -0.2) is 4.98 Å². The first-order chi connectivity index (χ1) is 7.58. The summed E-state index contributed by atoms with van der Waals surface area (Å²) in [5.74, 6) is 0.294. The number of nitrogens with zero attached hydrogens (tertiary/aromatic N) is 3. The number of halogens is 1. The number of nitrogen functional groups attached to an aromatic ring is 1. The average Bonchev–Trinajstić information content (AvgIpc) is 2.63. The molecule has 0 saturated carbocycles. The number of primary amides is 1. The molecule has 1 saturated heterocycles. The van der Waals surface area contributed by atoms with E-state index in [0.717, 1.165) is 19.4 Å². The monoisotopic (exact) mass is 241 g/mol. The zero-order valence-corrected chi connectivity index (χ0v) is 9.31. The van der Waals surface area contributed by atoms with Gasteiger partial charge in [-0.1, -0.05) is 11.6 Å². The van der Waals surface area contributed by atoms with Gasteiger partial charge in [0.2, 0.25) is 11.9 Å². The first-order valence-electron chi connectivity index (χ1n) is 4.94. The molecule has 0 bridgehead atoms. The van der Waals surface area contributed by atoms with Crippen LogP contribution in [0.25, 0.3) is 0 Å². The number of carbonyl (C=O) groups excluding carboxylic acids is 1. The van der Waals surface area contributed by atoms with Crippen LogP contribution in [0.5, 0.6) is 0 Å². The van der Waals surface area contributed by atoms with E-state index in [4.69, 9.17) is 23.1 Å². The summed E-state index contributed by atoms with van der Waals surface area (Å²) in [6, 6.07) is 1.25. The van der Waals surface area contributed by atoms with Crippen LogP contribution in [-0.4, -0.2) is 28.5 Å². The molecule has 16 heavy (non-hydrogen) atoms. The van der Waals surface area contributed by atoms with E-state index >= 15 is 0 Å². The van der Waals surface area contributed by atoms with Crippen molar-refractivity contribution < 1.29 is 4.79 Å². The minimum absolute atomic E-state index is 0.0950. The summed E-state index contributed by atoms with van der Waals surface area (Å²) in [5.41, 5.74) is 10.8. The van der Waals surface area contributed by atoms with Crippen LogP contribution in [0, 0.1) is 0 Å². The van der Waals surface area contributed by atoms with Crippen molar-refractivity contribution in [3.8, 4) is 0 Å². The van der Waals surface area contributed by atoms with Gasteiger partial charge >= 0.3 is 0 Å². The lowest BCUT2D eigenvalue weighted by Gasteiger charge is -2.23. The number of aromatic nitrogens is 2. The molecule has 1 fully saturated rings. The fraction of sp³-hybridized carbons (Fsp3) is 0.444. The number of amides is 1. The maximum atomic E-state index is 11.2. The molecule has 2 heterocycles. The average molecular weight is 242 g/mol. The topological polar surface area (TPSA) is 98.1 Å². The summed E-state index contributed by atoms with van der Waals surface area (Å²) in [4.78, 5) is 20.9. The Morgan fingerprint density at radius 2 is 2.31 bits per heavy atom. The van der Waals surface area contributed by atoms with E-state index in [0.29, 0.717) is 5.82 Å². The fourth-order valence-electron chi connectivity index (χ4n) is 1.91. The Labute approximate surface area is 97.6 Å². The van der Waals surface area contributed by atoms with Crippen molar-refractivity contribution in [1.82, 2.24) is 9.97 Å². The summed E-state index contributed by atoms with van der Waals surface area (Å²) in [5, 5.41) is 0.262. The first kappa shape index (κ1) is 10.9. The highest BCUT2D eigenvalue weighted by Gasteiger charge is 2.30. The van der Waals surface area contributed by atoms with Crippen LogP contribution < -0.4 is 16.4 Å². The van der Waals surface area contributed by atoms with Crippen molar-refractivity contribution in [3.05, 3.63) is 11.2 Å². The van der Waals surface area contributed by atoms with E-state index in [1.54, 1.807) is 6.07 Å². The number of anilines is 2.